The van der Waals surface area contributed by atoms with Crippen molar-refractivity contribution >= 4 is 45.7 Å². The third kappa shape index (κ3) is 6.77. The molecule has 2 N–H and O–H groups in total. The highest BCUT2D eigenvalue weighted by molar-refractivity contribution is 8.00. The number of benzene rings is 3. The second kappa shape index (κ2) is 11.8. The zero-order valence-electron chi connectivity index (χ0n) is 19.0. The molecule has 0 aliphatic rings. The first-order valence-corrected chi connectivity index (χ1v) is 12.9. The Hall–Kier alpha value is -3.49. The van der Waals surface area contributed by atoms with E-state index in [1.165, 1.54) is 35.2 Å². The molecule has 0 bridgehead atoms. The van der Waals surface area contributed by atoms with E-state index in [9.17, 15) is 14.0 Å². The van der Waals surface area contributed by atoms with E-state index in [-0.39, 0.29) is 17.6 Å². The van der Waals surface area contributed by atoms with Crippen LogP contribution in [-0.4, -0.2) is 16.8 Å². The molecule has 4 rings (SSSR count). The zero-order valence-corrected chi connectivity index (χ0v) is 20.7. The number of amides is 2. The van der Waals surface area contributed by atoms with Crippen molar-refractivity contribution in [2.24, 2.45) is 0 Å². The molecule has 0 saturated carbocycles. The molecular formula is C27H24FN3O2S2. The summed E-state index contributed by atoms with van der Waals surface area (Å²) in [7, 11) is 0. The van der Waals surface area contributed by atoms with E-state index in [4.69, 9.17) is 0 Å². The van der Waals surface area contributed by atoms with E-state index < -0.39 is 5.25 Å². The Kier molecular flexibility index (Phi) is 8.28. The standard InChI is InChI=1S/C27H24FN3O2S2/c1-2-6-24(32)29-21-13-15-22(16-14-21)35-25(19-7-4-3-5-8-19)26(33)31-27-30-23(17-34-27)18-9-11-20(28)12-10-18/h3-5,7-17,25H,2,6H2,1H3,(H,29,32)(H,30,31,33). The number of anilines is 2. The van der Waals surface area contributed by atoms with E-state index in [1.54, 1.807) is 12.1 Å². The highest BCUT2D eigenvalue weighted by Crippen LogP contribution is 2.37. The van der Waals surface area contributed by atoms with Gasteiger partial charge in [0, 0.05) is 27.9 Å². The Balaban J connectivity index is 1.49. The van der Waals surface area contributed by atoms with Crippen LogP contribution in [0.15, 0.2) is 89.1 Å². The van der Waals surface area contributed by atoms with Crippen molar-refractivity contribution in [3.8, 4) is 11.3 Å². The van der Waals surface area contributed by atoms with Crippen molar-refractivity contribution in [3.63, 3.8) is 0 Å². The predicted molar refractivity (Wildman–Crippen MR) is 141 cm³/mol. The van der Waals surface area contributed by atoms with Gasteiger partial charge < -0.3 is 10.6 Å². The molecule has 178 valence electrons. The maximum Gasteiger partial charge on any atom is 0.244 e. The van der Waals surface area contributed by atoms with Gasteiger partial charge in [-0.2, -0.15) is 0 Å². The summed E-state index contributed by atoms with van der Waals surface area (Å²) in [4.78, 5) is 30.6. The lowest BCUT2D eigenvalue weighted by Crippen LogP contribution is -2.19. The Labute approximate surface area is 211 Å². The van der Waals surface area contributed by atoms with Crippen LogP contribution in [0, 0.1) is 5.82 Å². The number of aromatic nitrogens is 1. The predicted octanol–water partition coefficient (Wildman–Crippen LogP) is 7.16. The normalized spacial score (nSPS) is 11.6. The highest BCUT2D eigenvalue weighted by atomic mass is 32.2. The number of hydrogen-bond donors (Lipinski definition) is 2. The minimum absolute atomic E-state index is 0.0158. The first-order chi connectivity index (χ1) is 17.0. The molecule has 1 unspecified atom stereocenters. The SMILES string of the molecule is CCCC(=O)Nc1ccc(SC(C(=O)Nc2nc(-c3ccc(F)cc3)cs2)c2ccccc2)cc1. The number of thiazole rings is 1. The van der Waals surface area contributed by atoms with Crippen LogP contribution < -0.4 is 10.6 Å². The van der Waals surface area contributed by atoms with Gasteiger partial charge in [-0.3, -0.25) is 9.59 Å². The zero-order chi connectivity index (χ0) is 24.6. The van der Waals surface area contributed by atoms with Crippen LogP contribution in [0.4, 0.5) is 15.2 Å². The number of nitrogens with one attached hydrogen (secondary N) is 2. The van der Waals surface area contributed by atoms with Gasteiger partial charge in [0.05, 0.1) is 5.69 Å². The van der Waals surface area contributed by atoms with E-state index in [2.05, 4.69) is 15.6 Å². The van der Waals surface area contributed by atoms with Gasteiger partial charge in [0.25, 0.3) is 0 Å². The topological polar surface area (TPSA) is 71.1 Å². The second-order valence-corrected chi connectivity index (χ2v) is 9.80. The summed E-state index contributed by atoms with van der Waals surface area (Å²) in [6.07, 6.45) is 1.27. The molecule has 35 heavy (non-hydrogen) atoms. The monoisotopic (exact) mass is 505 g/mol. The third-order valence-electron chi connectivity index (χ3n) is 5.08. The first-order valence-electron chi connectivity index (χ1n) is 11.2. The van der Waals surface area contributed by atoms with Crippen LogP contribution in [0.5, 0.6) is 0 Å². The summed E-state index contributed by atoms with van der Waals surface area (Å²) < 4.78 is 13.2. The van der Waals surface area contributed by atoms with Gasteiger partial charge in [-0.15, -0.1) is 23.1 Å². The average Bonchev–Trinajstić information content (AvgIpc) is 3.33. The molecule has 0 saturated heterocycles. The molecule has 4 aromatic rings. The molecule has 0 fully saturated rings. The molecule has 0 spiro atoms. The minimum Gasteiger partial charge on any atom is -0.326 e. The lowest BCUT2D eigenvalue weighted by molar-refractivity contribution is -0.116. The summed E-state index contributed by atoms with van der Waals surface area (Å²) in [5.41, 5.74) is 3.05. The molecule has 1 atom stereocenters. The van der Waals surface area contributed by atoms with Crippen LogP contribution in [0.1, 0.15) is 30.6 Å². The van der Waals surface area contributed by atoms with Crippen molar-refractivity contribution in [3.05, 3.63) is 95.6 Å². The van der Waals surface area contributed by atoms with Crippen molar-refractivity contribution in [2.75, 3.05) is 10.6 Å². The fourth-order valence-corrected chi connectivity index (χ4v) is 5.11. The largest absolute Gasteiger partial charge is 0.326 e. The van der Waals surface area contributed by atoms with Crippen molar-refractivity contribution in [1.82, 2.24) is 4.98 Å². The molecule has 2 amide bonds. The van der Waals surface area contributed by atoms with E-state index in [0.29, 0.717) is 17.2 Å². The van der Waals surface area contributed by atoms with Crippen LogP contribution in [0.25, 0.3) is 11.3 Å². The van der Waals surface area contributed by atoms with Gasteiger partial charge in [-0.1, -0.05) is 37.3 Å². The number of carbonyl (C=O) groups excluding carboxylic acids is 2. The number of rotatable bonds is 9. The number of thioether (sulfide) groups is 1. The average molecular weight is 506 g/mol. The highest BCUT2D eigenvalue weighted by Gasteiger charge is 2.23. The second-order valence-electron chi connectivity index (χ2n) is 7.77. The number of nitrogens with zero attached hydrogens (tertiary/aromatic N) is 1. The number of halogens is 1. The van der Waals surface area contributed by atoms with Crippen molar-refractivity contribution in [1.29, 1.82) is 0 Å². The summed E-state index contributed by atoms with van der Waals surface area (Å²) in [6, 6.07) is 23.1. The Bertz CT molecular complexity index is 1280. The van der Waals surface area contributed by atoms with Crippen molar-refractivity contribution < 1.29 is 14.0 Å². The first kappa shape index (κ1) is 24.6. The fraction of sp³-hybridized carbons (Fsp3) is 0.148. The lowest BCUT2D eigenvalue weighted by Gasteiger charge is -2.16. The Morgan fingerprint density at radius 1 is 0.971 bits per heavy atom. The maximum atomic E-state index is 13.3. The maximum absolute atomic E-state index is 13.3. The minimum atomic E-state index is -0.505. The lowest BCUT2D eigenvalue weighted by atomic mass is 10.1. The summed E-state index contributed by atoms with van der Waals surface area (Å²) in [6.45, 7) is 1.96. The van der Waals surface area contributed by atoms with Crippen molar-refractivity contribution in [2.45, 2.75) is 29.9 Å². The molecule has 3 aromatic carbocycles. The smallest absolute Gasteiger partial charge is 0.244 e. The molecular weight excluding hydrogens is 481 g/mol. The Morgan fingerprint density at radius 3 is 2.37 bits per heavy atom. The molecule has 1 heterocycles. The van der Waals surface area contributed by atoms with Crippen LogP contribution in [-0.2, 0) is 9.59 Å². The van der Waals surface area contributed by atoms with Gasteiger partial charge in [-0.05, 0) is 60.5 Å². The van der Waals surface area contributed by atoms with E-state index in [0.717, 1.165) is 28.1 Å². The number of carbonyl (C=O) groups is 2. The third-order valence-corrected chi connectivity index (χ3v) is 7.11. The molecule has 0 radical (unpaired) electrons. The molecule has 1 aromatic heterocycles. The number of hydrogen-bond acceptors (Lipinski definition) is 5. The summed E-state index contributed by atoms with van der Waals surface area (Å²) in [5, 5.41) is 7.61. The van der Waals surface area contributed by atoms with Crippen LogP contribution >= 0.6 is 23.1 Å². The van der Waals surface area contributed by atoms with E-state index >= 15 is 0 Å². The molecule has 0 aliphatic carbocycles. The van der Waals surface area contributed by atoms with Crippen LogP contribution in [0.3, 0.4) is 0 Å². The molecule has 0 aliphatic heterocycles. The van der Waals surface area contributed by atoms with Gasteiger partial charge in [0.2, 0.25) is 11.8 Å². The summed E-state index contributed by atoms with van der Waals surface area (Å²) >= 11 is 2.74. The van der Waals surface area contributed by atoms with Crippen LogP contribution in [0.2, 0.25) is 0 Å². The van der Waals surface area contributed by atoms with E-state index in [1.807, 2.05) is 66.9 Å². The summed E-state index contributed by atoms with van der Waals surface area (Å²) in [5.74, 6) is -0.518. The van der Waals surface area contributed by atoms with Gasteiger partial charge in [0.15, 0.2) is 5.13 Å². The molecule has 5 nitrogen and oxygen atoms in total. The fourth-order valence-electron chi connectivity index (χ4n) is 3.36. The van der Waals surface area contributed by atoms with Gasteiger partial charge >= 0.3 is 0 Å². The van der Waals surface area contributed by atoms with Gasteiger partial charge in [-0.25, -0.2) is 9.37 Å². The quantitative estimate of drug-likeness (QED) is 0.237. The van der Waals surface area contributed by atoms with Gasteiger partial charge in [0.1, 0.15) is 11.1 Å². The molecule has 8 heteroatoms. The Morgan fingerprint density at radius 2 is 1.69 bits per heavy atom.